The molecule has 1 aromatic carbocycles. The molecule has 2 aromatic rings. The maximum atomic E-state index is 13.3. The zero-order valence-corrected chi connectivity index (χ0v) is 22.3. The quantitative estimate of drug-likeness (QED) is 0.386. The summed E-state index contributed by atoms with van der Waals surface area (Å²) in [4.78, 5) is 5.18. The Hall–Kier alpha value is -1.44. The number of halogens is 4. The van der Waals surface area contributed by atoms with Crippen LogP contribution in [0.3, 0.4) is 0 Å². The molecule has 0 bridgehead atoms. The number of aliphatic hydroxyl groups is 1. The third kappa shape index (κ3) is 4.15. The molecule has 0 amide bonds. The fraction of sp³-hybridized carbons (Fsp3) is 0.607. The molecule has 3 nitrogen and oxygen atoms in total. The van der Waals surface area contributed by atoms with Crippen molar-refractivity contribution in [3.63, 3.8) is 0 Å². The number of hydrogen-bond donors (Lipinski definition) is 1. The second kappa shape index (κ2) is 8.56. The Morgan fingerprint density at radius 3 is 2.40 bits per heavy atom. The molecule has 3 aliphatic rings. The first-order chi connectivity index (χ1) is 16.3. The average molecular weight is 552 g/mol. The molecule has 4 atom stereocenters. The number of pyridine rings is 1. The van der Waals surface area contributed by atoms with Crippen LogP contribution >= 0.6 is 15.9 Å². The van der Waals surface area contributed by atoms with E-state index in [1.54, 1.807) is 0 Å². The summed E-state index contributed by atoms with van der Waals surface area (Å²) in [5.41, 5.74) is 4.06. The van der Waals surface area contributed by atoms with Gasteiger partial charge in [-0.15, -0.1) is 0 Å². The largest absolute Gasteiger partial charge is 0.416 e. The van der Waals surface area contributed by atoms with E-state index in [2.05, 4.69) is 43.6 Å². The topological polar surface area (TPSA) is 42.4 Å². The summed E-state index contributed by atoms with van der Waals surface area (Å²) in [7, 11) is 0. The van der Waals surface area contributed by atoms with E-state index < -0.39 is 29.5 Å². The van der Waals surface area contributed by atoms with Crippen LogP contribution in [0.15, 0.2) is 24.3 Å². The maximum Gasteiger partial charge on any atom is 0.416 e. The molecule has 0 radical (unpaired) electrons. The van der Waals surface area contributed by atoms with Gasteiger partial charge >= 0.3 is 6.18 Å². The Balaban J connectivity index is 1.77. The number of hydrogen-bond acceptors (Lipinski definition) is 3. The van der Waals surface area contributed by atoms with E-state index in [0.717, 1.165) is 72.3 Å². The van der Waals surface area contributed by atoms with E-state index in [0.29, 0.717) is 12.0 Å². The molecule has 2 aliphatic carbocycles. The zero-order valence-electron chi connectivity index (χ0n) is 20.7. The zero-order chi connectivity index (χ0) is 25.3. The van der Waals surface area contributed by atoms with Gasteiger partial charge in [-0.2, -0.15) is 13.2 Å². The molecular weight excluding hydrogens is 519 g/mol. The number of fused-ring (bicyclic) bond motifs is 4. The summed E-state index contributed by atoms with van der Waals surface area (Å²) in [6.45, 7) is 8.52. The Labute approximate surface area is 213 Å². The second-order valence-corrected chi connectivity index (χ2v) is 12.7. The van der Waals surface area contributed by atoms with E-state index in [1.165, 1.54) is 12.1 Å². The minimum absolute atomic E-state index is 0.0515. The predicted octanol–water partition coefficient (Wildman–Crippen LogP) is 7.88. The van der Waals surface area contributed by atoms with Gasteiger partial charge in [0.1, 0.15) is 11.7 Å². The van der Waals surface area contributed by atoms with Crippen molar-refractivity contribution in [2.75, 3.05) is 0 Å². The lowest BCUT2D eigenvalue weighted by atomic mass is 9.68. The van der Waals surface area contributed by atoms with Crippen LogP contribution in [0.25, 0.3) is 0 Å². The van der Waals surface area contributed by atoms with Crippen LogP contribution in [0.1, 0.15) is 117 Å². The summed E-state index contributed by atoms with van der Waals surface area (Å²) >= 11 is 3.94. The standard InChI is InChI=1S/C28H33BrF3NO2/c1-15(2)24-22-23(21-18(33-24)13-26(3,4)14-19(21)34)27(12-6-5-7-20(27)29)35-25(22)16-8-10-17(11-9-16)28(30,31)32/h8-11,15,19-20,25,34H,5-7,12-14H2,1-4H3/t19?,20?,25-,27?/m1/s1. The van der Waals surface area contributed by atoms with Gasteiger partial charge < -0.3 is 9.84 Å². The molecule has 190 valence electrons. The summed E-state index contributed by atoms with van der Waals surface area (Å²) in [5, 5.41) is 11.4. The fourth-order valence-corrected chi connectivity index (χ4v) is 7.30. The number of nitrogens with zero attached hydrogens (tertiary/aromatic N) is 1. The molecule has 1 fully saturated rings. The molecule has 2 heterocycles. The highest BCUT2D eigenvalue weighted by molar-refractivity contribution is 9.09. The van der Waals surface area contributed by atoms with Crippen LogP contribution in [0.2, 0.25) is 0 Å². The number of aromatic nitrogens is 1. The van der Waals surface area contributed by atoms with E-state index in [1.807, 2.05) is 0 Å². The van der Waals surface area contributed by atoms with Crippen molar-refractivity contribution >= 4 is 15.9 Å². The van der Waals surface area contributed by atoms with Crippen LogP contribution < -0.4 is 0 Å². The van der Waals surface area contributed by atoms with Gasteiger partial charge in [-0.25, -0.2) is 0 Å². The van der Waals surface area contributed by atoms with Gasteiger partial charge in [0.2, 0.25) is 0 Å². The number of benzene rings is 1. The number of ether oxygens (including phenoxy) is 1. The van der Waals surface area contributed by atoms with Crippen LogP contribution in [0.4, 0.5) is 13.2 Å². The third-order valence-electron chi connectivity index (χ3n) is 7.97. The van der Waals surface area contributed by atoms with Crippen LogP contribution in [0, 0.1) is 5.41 Å². The number of rotatable bonds is 2. The SMILES string of the molecule is CC(C)c1nc2c(c3c1[C@@H](c1ccc(C(F)(F)F)cc1)OC31CCCCC1Br)C(O)CC(C)(C)C2. The molecule has 1 aliphatic heterocycles. The first kappa shape index (κ1) is 25.2. The van der Waals surface area contributed by atoms with E-state index in [9.17, 15) is 18.3 Å². The van der Waals surface area contributed by atoms with E-state index in [4.69, 9.17) is 9.72 Å². The van der Waals surface area contributed by atoms with Gasteiger partial charge in [0.25, 0.3) is 0 Å². The summed E-state index contributed by atoms with van der Waals surface area (Å²) in [6.07, 6.45) is -0.320. The van der Waals surface area contributed by atoms with Crippen molar-refractivity contribution in [2.24, 2.45) is 5.41 Å². The van der Waals surface area contributed by atoms with Gasteiger partial charge in [0.15, 0.2) is 0 Å². The van der Waals surface area contributed by atoms with Crippen molar-refractivity contribution < 1.29 is 23.0 Å². The first-order valence-corrected chi connectivity index (χ1v) is 13.5. The molecule has 1 N–H and O–H groups in total. The minimum Gasteiger partial charge on any atom is -0.388 e. The normalized spacial score (nSPS) is 29.9. The Morgan fingerprint density at radius 2 is 1.80 bits per heavy atom. The van der Waals surface area contributed by atoms with Crippen molar-refractivity contribution in [2.45, 2.75) is 101 Å². The number of alkyl halides is 4. The summed E-state index contributed by atoms with van der Waals surface area (Å²) in [5.74, 6) is 0.101. The number of aliphatic hydroxyl groups excluding tert-OH is 1. The first-order valence-electron chi connectivity index (χ1n) is 12.6. The van der Waals surface area contributed by atoms with Crippen LogP contribution in [-0.4, -0.2) is 14.9 Å². The average Bonchev–Trinajstić information content (AvgIpc) is 3.09. The molecule has 3 unspecified atom stereocenters. The van der Waals surface area contributed by atoms with E-state index in [-0.39, 0.29) is 16.2 Å². The van der Waals surface area contributed by atoms with Gasteiger partial charge in [-0.05, 0) is 54.7 Å². The van der Waals surface area contributed by atoms with Crippen molar-refractivity contribution in [1.29, 1.82) is 0 Å². The molecule has 35 heavy (non-hydrogen) atoms. The highest BCUT2D eigenvalue weighted by Crippen LogP contribution is 2.60. The van der Waals surface area contributed by atoms with Crippen molar-refractivity contribution in [3.05, 3.63) is 63.5 Å². The monoisotopic (exact) mass is 551 g/mol. The lowest BCUT2D eigenvalue weighted by molar-refractivity contribution is -0.137. The molecular formula is C28H33BrF3NO2. The molecule has 7 heteroatoms. The minimum atomic E-state index is -4.39. The van der Waals surface area contributed by atoms with Gasteiger partial charge in [0, 0.05) is 32.9 Å². The lowest BCUT2D eigenvalue weighted by Crippen LogP contribution is -2.41. The van der Waals surface area contributed by atoms with Gasteiger partial charge in [-0.1, -0.05) is 68.6 Å². The summed E-state index contributed by atoms with van der Waals surface area (Å²) < 4.78 is 46.7. The molecule has 0 saturated heterocycles. The van der Waals surface area contributed by atoms with Gasteiger partial charge in [0.05, 0.1) is 11.7 Å². The van der Waals surface area contributed by atoms with Crippen LogP contribution in [-0.2, 0) is 22.9 Å². The Kier molecular flexibility index (Phi) is 6.17. The smallest absolute Gasteiger partial charge is 0.388 e. The van der Waals surface area contributed by atoms with Crippen molar-refractivity contribution in [1.82, 2.24) is 4.98 Å². The lowest BCUT2D eigenvalue weighted by Gasteiger charge is -2.42. The Bertz CT molecular complexity index is 1130. The molecule has 1 spiro atoms. The summed E-state index contributed by atoms with van der Waals surface area (Å²) in [6, 6.07) is 5.33. The fourth-order valence-electron chi connectivity index (χ4n) is 6.41. The van der Waals surface area contributed by atoms with Crippen LogP contribution in [0.5, 0.6) is 0 Å². The van der Waals surface area contributed by atoms with E-state index >= 15 is 0 Å². The molecule has 5 rings (SSSR count). The molecule has 1 aromatic heterocycles. The van der Waals surface area contributed by atoms with Gasteiger partial charge in [-0.3, -0.25) is 4.98 Å². The predicted molar refractivity (Wildman–Crippen MR) is 133 cm³/mol. The maximum absolute atomic E-state index is 13.3. The Morgan fingerprint density at radius 1 is 1.11 bits per heavy atom. The highest BCUT2D eigenvalue weighted by Gasteiger charge is 2.55. The second-order valence-electron chi connectivity index (χ2n) is 11.6. The third-order valence-corrected chi connectivity index (χ3v) is 9.17. The highest BCUT2D eigenvalue weighted by atomic mass is 79.9. The van der Waals surface area contributed by atoms with Crippen molar-refractivity contribution in [3.8, 4) is 0 Å². The molecule has 1 saturated carbocycles.